The number of benzene rings is 1. The predicted octanol–water partition coefficient (Wildman–Crippen LogP) is -1.81. The van der Waals surface area contributed by atoms with Gasteiger partial charge in [-0.15, -0.1) is 0 Å². The van der Waals surface area contributed by atoms with E-state index in [1.54, 1.807) is 44.2 Å². The molecule has 0 heterocycles. The van der Waals surface area contributed by atoms with Crippen molar-refractivity contribution in [1.82, 2.24) is 16.0 Å². The molecule has 5 unspecified atom stereocenters. The van der Waals surface area contributed by atoms with Crippen molar-refractivity contribution in [2.45, 2.75) is 63.7 Å². The van der Waals surface area contributed by atoms with Gasteiger partial charge in [0.2, 0.25) is 17.7 Å². The highest BCUT2D eigenvalue weighted by Crippen LogP contribution is 2.09. The predicted molar refractivity (Wildman–Crippen MR) is 138 cm³/mol. The molecule has 0 aliphatic heterocycles. The zero-order chi connectivity index (χ0) is 28.0. The second-order valence-corrected chi connectivity index (χ2v) is 8.76. The Morgan fingerprint density at radius 1 is 0.973 bits per heavy atom. The number of carbonyl (C=O) groups excluding carboxylic acids is 3. The second-order valence-electron chi connectivity index (χ2n) is 8.76. The molecule has 5 atom stereocenters. The van der Waals surface area contributed by atoms with Crippen molar-refractivity contribution in [3.63, 3.8) is 0 Å². The Bertz CT molecular complexity index is 923. The molecule has 13 heteroatoms. The standard InChI is InChI=1S/C24H39N7O6/c1-3-14(2)19(23(36)37)31-22(35)18(13-32)30-21(34)17(12-15-8-5-4-6-9-15)29-20(33)16(25)10-7-11-28-24(26)27/h4-6,8-9,14,16-19,32H,3,7,10-13,25H2,1-2H3,(H,29,33)(H,30,34)(H,31,35)(H,36,37)(H4,26,27,28). The summed E-state index contributed by atoms with van der Waals surface area (Å²) in [6.45, 7) is 2.96. The highest BCUT2D eigenvalue weighted by atomic mass is 16.4. The van der Waals surface area contributed by atoms with Gasteiger partial charge in [-0.25, -0.2) is 4.79 Å². The summed E-state index contributed by atoms with van der Waals surface area (Å²) in [5, 5.41) is 26.5. The number of nitrogens with one attached hydrogen (secondary N) is 3. The van der Waals surface area contributed by atoms with E-state index in [1.165, 1.54) is 0 Å². The number of aliphatic hydroxyl groups is 1. The molecule has 1 rings (SSSR count). The number of nitrogens with two attached hydrogens (primary N) is 3. The van der Waals surface area contributed by atoms with Gasteiger partial charge in [0.1, 0.15) is 18.1 Å². The van der Waals surface area contributed by atoms with Crippen molar-refractivity contribution >= 4 is 29.7 Å². The molecule has 0 aliphatic carbocycles. The third kappa shape index (κ3) is 11.3. The van der Waals surface area contributed by atoms with E-state index in [9.17, 15) is 29.4 Å². The average Bonchev–Trinajstić information content (AvgIpc) is 2.87. The van der Waals surface area contributed by atoms with Crippen molar-refractivity contribution in [3.05, 3.63) is 35.9 Å². The molecule has 13 nitrogen and oxygen atoms in total. The number of aliphatic imine (C=N–C) groups is 1. The zero-order valence-corrected chi connectivity index (χ0v) is 21.2. The maximum Gasteiger partial charge on any atom is 0.326 e. The van der Waals surface area contributed by atoms with E-state index in [0.717, 1.165) is 5.56 Å². The molecule has 0 radical (unpaired) electrons. The molecule has 0 aromatic heterocycles. The highest BCUT2D eigenvalue weighted by molar-refractivity contribution is 5.94. The van der Waals surface area contributed by atoms with Crippen molar-refractivity contribution < 1.29 is 29.4 Å². The summed E-state index contributed by atoms with van der Waals surface area (Å²) in [5.74, 6) is -3.87. The summed E-state index contributed by atoms with van der Waals surface area (Å²) in [6.07, 6.45) is 1.28. The lowest BCUT2D eigenvalue weighted by atomic mass is 9.99. The number of rotatable bonds is 16. The zero-order valence-electron chi connectivity index (χ0n) is 21.2. The van der Waals surface area contributed by atoms with Gasteiger partial charge in [0.05, 0.1) is 12.6 Å². The number of carboxylic acid groups (broad SMARTS) is 1. The molecule has 0 saturated heterocycles. The van der Waals surface area contributed by atoms with E-state index in [0.29, 0.717) is 19.4 Å². The molecule has 0 bridgehead atoms. The molecule has 0 saturated carbocycles. The van der Waals surface area contributed by atoms with Crippen LogP contribution in [-0.4, -0.2) is 77.2 Å². The lowest BCUT2D eigenvalue weighted by Crippen LogP contribution is -2.59. The fraction of sp³-hybridized carbons (Fsp3) is 0.542. The Labute approximate surface area is 216 Å². The van der Waals surface area contributed by atoms with Crippen molar-refractivity contribution in [1.29, 1.82) is 0 Å². The first-order chi connectivity index (χ1) is 17.5. The number of guanidine groups is 1. The first-order valence-electron chi connectivity index (χ1n) is 12.1. The minimum atomic E-state index is -1.43. The average molecular weight is 522 g/mol. The van der Waals surface area contributed by atoms with Crippen LogP contribution in [0.3, 0.4) is 0 Å². The number of amides is 3. The van der Waals surface area contributed by atoms with Crippen LogP contribution >= 0.6 is 0 Å². The quantitative estimate of drug-likeness (QED) is 0.0694. The molecule has 0 aliphatic rings. The molecule has 1 aromatic carbocycles. The van der Waals surface area contributed by atoms with Crippen LogP contribution in [0.1, 0.15) is 38.7 Å². The third-order valence-electron chi connectivity index (χ3n) is 5.81. The first kappa shape index (κ1) is 31.3. The van der Waals surface area contributed by atoms with E-state index in [1.807, 2.05) is 0 Å². The molecular formula is C24H39N7O6. The molecule has 206 valence electrons. The normalized spacial score (nSPS) is 14.8. The fourth-order valence-corrected chi connectivity index (χ4v) is 3.39. The van der Waals surface area contributed by atoms with Crippen molar-refractivity contribution in [3.8, 4) is 0 Å². The van der Waals surface area contributed by atoms with Gasteiger partial charge in [-0.1, -0.05) is 50.6 Å². The molecular weight excluding hydrogens is 482 g/mol. The minimum Gasteiger partial charge on any atom is -0.480 e. The van der Waals surface area contributed by atoms with Gasteiger partial charge in [0.15, 0.2) is 5.96 Å². The van der Waals surface area contributed by atoms with Crippen LogP contribution < -0.4 is 33.2 Å². The van der Waals surface area contributed by atoms with E-state index >= 15 is 0 Å². The Morgan fingerprint density at radius 3 is 2.11 bits per heavy atom. The van der Waals surface area contributed by atoms with Crippen LogP contribution in [0.5, 0.6) is 0 Å². The maximum absolute atomic E-state index is 13.1. The highest BCUT2D eigenvalue weighted by Gasteiger charge is 2.31. The third-order valence-corrected chi connectivity index (χ3v) is 5.81. The van der Waals surface area contributed by atoms with Gasteiger partial charge < -0.3 is 43.4 Å². The van der Waals surface area contributed by atoms with Crippen LogP contribution in [0.15, 0.2) is 35.3 Å². The van der Waals surface area contributed by atoms with Crippen LogP contribution in [0.25, 0.3) is 0 Å². The molecule has 3 amide bonds. The SMILES string of the molecule is CCC(C)C(NC(=O)C(CO)NC(=O)C(Cc1ccccc1)NC(=O)C(N)CCCN=C(N)N)C(=O)O. The summed E-state index contributed by atoms with van der Waals surface area (Å²) >= 11 is 0. The lowest BCUT2D eigenvalue weighted by molar-refractivity contribution is -0.144. The number of carboxylic acids is 1. The topological polar surface area (TPSA) is 235 Å². The van der Waals surface area contributed by atoms with Gasteiger partial charge >= 0.3 is 5.97 Å². The van der Waals surface area contributed by atoms with E-state index < -0.39 is 54.5 Å². The number of hydrogen-bond donors (Lipinski definition) is 8. The maximum atomic E-state index is 13.1. The smallest absolute Gasteiger partial charge is 0.326 e. The van der Waals surface area contributed by atoms with Crippen LogP contribution in [-0.2, 0) is 25.6 Å². The summed E-state index contributed by atoms with van der Waals surface area (Å²) in [4.78, 5) is 53.8. The molecule has 1 aromatic rings. The van der Waals surface area contributed by atoms with Gasteiger partial charge in [-0.05, 0) is 24.3 Å². The second kappa shape index (κ2) is 16.1. The molecule has 0 fully saturated rings. The number of aliphatic hydroxyl groups excluding tert-OH is 1. The van der Waals surface area contributed by atoms with Crippen molar-refractivity contribution in [2.24, 2.45) is 28.1 Å². The van der Waals surface area contributed by atoms with E-state index in [2.05, 4.69) is 20.9 Å². The molecule has 37 heavy (non-hydrogen) atoms. The molecule has 11 N–H and O–H groups in total. The Kier molecular flexibility index (Phi) is 13.6. The van der Waals surface area contributed by atoms with E-state index in [4.69, 9.17) is 17.2 Å². The summed E-state index contributed by atoms with van der Waals surface area (Å²) in [6, 6.07) is 4.18. The van der Waals surface area contributed by atoms with Crippen molar-refractivity contribution in [2.75, 3.05) is 13.2 Å². The minimum absolute atomic E-state index is 0.0704. The van der Waals surface area contributed by atoms with Crippen LogP contribution in [0.4, 0.5) is 0 Å². The van der Waals surface area contributed by atoms with Gasteiger partial charge in [0.25, 0.3) is 0 Å². The molecule has 0 spiro atoms. The monoisotopic (exact) mass is 521 g/mol. The Balaban J connectivity index is 2.95. The van der Waals surface area contributed by atoms with Crippen LogP contribution in [0.2, 0.25) is 0 Å². The van der Waals surface area contributed by atoms with E-state index in [-0.39, 0.29) is 24.7 Å². The first-order valence-corrected chi connectivity index (χ1v) is 12.1. The largest absolute Gasteiger partial charge is 0.480 e. The summed E-state index contributed by atoms with van der Waals surface area (Å²) in [7, 11) is 0. The summed E-state index contributed by atoms with van der Waals surface area (Å²) < 4.78 is 0. The summed E-state index contributed by atoms with van der Waals surface area (Å²) in [5.41, 5.74) is 17.2. The number of hydrogen-bond acceptors (Lipinski definition) is 7. The number of carbonyl (C=O) groups is 4. The lowest BCUT2D eigenvalue weighted by Gasteiger charge is -2.25. The van der Waals surface area contributed by atoms with Gasteiger partial charge in [0, 0.05) is 13.0 Å². The number of aliphatic carboxylic acids is 1. The Morgan fingerprint density at radius 2 is 1.57 bits per heavy atom. The Hall–Kier alpha value is -3.71. The number of nitrogens with zero attached hydrogens (tertiary/aromatic N) is 1. The van der Waals surface area contributed by atoms with Crippen LogP contribution in [0, 0.1) is 5.92 Å². The fourth-order valence-electron chi connectivity index (χ4n) is 3.39. The van der Waals surface area contributed by atoms with Gasteiger partial charge in [-0.3, -0.25) is 19.4 Å². The van der Waals surface area contributed by atoms with Gasteiger partial charge in [-0.2, -0.15) is 0 Å².